The molecule has 0 N–H and O–H groups in total. The SMILES string of the molecule is CCC[SH2]OC(S)(CC)CC. The molecule has 0 aromatic heterocycles. The lowest BCUT2D eigenvalue weighted by molar-refractivity contribution is 0.194. The third-order valence-electron chi connectivity index (χ3n) is 1.72. The van der Waals surface area contributed by atoms with Crippen molar-refractivity contribution in [2.75, 3.05) is 5.75 Å². The monoisotopic (exact) mass is 196 g/mol. The zero-order chi connectivity index (χ0) is 8.74. The van der Waals surface area contributed by atoms with Crippen LogP contribution in [0.2, 0.25) is 0 Å². The summed E-state index contributed by atoms with van der Waals surface area (Å²) in [6, 6.07) is 0. The van der Waals surface area contributed by atoms with Crippen molar-refractivity contribution in [1.29, 1.82) is 0 Å². The van der Waals surface area contributed by atoms with Crippen LogP contribution >= 0.6 is 24.7 Å². The first-order chi connectivity index (χ1) is 5.18. The largest absolute Gasteiger partial charge is 0.325 e. The molecule has 0 aromatic carbocycles. The molecule has 3 heteroatoms. The molecular weight excluding hydrogens is 176 g/mol. The van der Waals surface area contributed by atoms with Crippen LogP contribution in [-0.2, 0) is 4.18 Å². The predicted octanol–water partition coefficient (Wildman–Crippen LogP) is 2.97. The first-order valence-corrected chi connectivity index (χ1v) is 5.88. The fraction of sp³-hybridized carbons (Fsp3) is 1.00. The Labute approximate surface area is 79.9 Å². The van der Waals surface area contributed by atoms with E-state index in [9.17, 15) is 0 Å². The van der Waals surface area contributed by atoms with Crippen molar-refractivity contribution < 1.29 is 4.18 Å². The second-order valence-electron chi connectivity index (χ2n) is 2.65. The minimum Gasteiger partial charge on any atom is -0.325 e. The van der Waals surface area contributed by atoms with Crippen LogP contribution in [0.4, 0.5) is 0 Å². The number of rotatable bonds is 6. The van der Waals surface area contributed by atoms with Crippen LogP contribution < -0.4 is 0 Å². The van der Waals surface area contributed by atoms with E-state index in [1.807, 2.05) is 0 Å². The fourth-order valence-corrected chi connectivity index (χ4v) is 1.74. The van der Waals surface area contributed by atoms with E-state index in [2.05, 4.69) is 33.4 Å². The fourth-order valence-electron chi connectivity index (χ4n) is 0.682. The van der Waals surface area contributed by atoms with Gasteiger partial charge in [-0.15, -0.1) is 12.6 Å². The highest BCUT2D eigenvalue weighted by molar-refractivity contribution is 7.95. The molecule has 0 heterocycles. The van der Waals surface area contributed by atoms with E-state index < -0.39 is 0 Å². The Morgan fingerprint density at radius 2 is 1.82 bits per heavy atom. The lowest BCUT2D eigenvalue weighted by atomic mass is 10.2. The Morgan fingerprint density at radius 3 is 2.18 bits per heavy atom. The molecule has 0 atom stereocenters. The van der Waals surface area contributed by atoms with Crippen molar-refractivity contribution in [2.45, 2.75) is 45.0 Å². The summed E-state index contributed by atoms with van der Waals surface area (Å²) >= 11 is 5.10. The van der Waals surface area contributed by atoms with Crippen molar-refractivity contribution in [3.05, 3.63) is 0 Å². The van der Waals surface area contributed by atoms with E-state index in [0.29, 0.717) is 12.0 Å². The highest BCUT2D eigenvalue weighted by atomic mass is 32.2. The van der Waals surface area contributed by atoms with Gasteiger partial charge in [0.05, 0.1) is 0 Å². The summed E-state index contributed by atoms with van der Waals surface area (Å²) in [6.45, 7) is 6.41. The molecule has 1 nitrogen and oxygen atoms in total. The van der Waals surface area contributed by atoms with Gasteiger partial charge in [-0.05, 0) is 25.0 Å². The molecule has 0 amide bonds. The van der Waals surface area contributed by atoms with E-state index in [1.54, 1.807) is 0 Å². The molecule has 0 aromatic rings. The summed E-state index contributed by atoms with van der Waals surface area (Å²) in [7, 11) is 0. The van der Waals surface area contributed by atoms with Gasteiger partial charge in [0.1, 0.15) is 4.93 Å². The van der Waals surface area contributed by atoms with Gasteiger partial charge in [0.25, 0.3) is 0 Å². The first kappa shape index (κ1) is 11.7. The lowest BCUT2D eigenvalue weighted by Gasteiger charge is -2.26. The Morgan fingerprint density at radius 1 is 1.27 bits per heavy atom. The van der Waals surface area contributed by atoms with Crippen LogP contribution in [0.1, 0.15) is 40.0 Å². The van der Waals surface area contributed by atoms with E-state index in [4.69, 9.17) is 4.18 Å². The van der Waals surface area contributed by atoms with E-state index in [-0.39, 0.29) is 4.93 Å². The van der Waals surface area contributed by atoms with Gasteiger partial charge in [-0.25, -0.2) is 0 Å². The Hall–Kier alpha value is 0.660. The molecule has 0 radical (unpaired) electrons. The number of hydrogen-bond donors (Lipinski definition) is 1. The molecule has 0 aliphatic rings. The number of thiol groups is 1. The van der Waals surface area contributed by atoms with Gasteiger partial charge in [0.15, 0.2) is 0 Å². The highest BCUT2D eigenvalue weighted by Crippen LogP contribution is 2.29. The Kier molecular flexibility index (Phi) is 6.58. The van der Waals surface area contributed by atoms with Gasteiger partial charge < -0.3 is 4.18 Å². The maximum atomic E-state index is 5.66. The van der Waals surface area contributed by atoms with Crippen molar-refractivity contribution in [1.82, 2.24) is 0 Å². The Bertz CT molecular complexity index is 92.1. The summed E-state index contributed by atoms with van der Waals surface area (Å²) in [5.41, 5.74) is 0. The standard InChI is InChI=1S/C8H20OS2/c1-4-7-11-9-8(10,5-2)6-3/h10H,4-7,11H2,1-3H3. The molecule has 0 saturated heterocycles. The first-order valence-electron chi connectivity index (χ1n) is 4.31. The third-order valence-corrected chi connectivity index (χ3v) is 3.85. The lowest BCUT2D eigenvalue weighted by Crippen LogP contribution is -2.20. The predicted molar refractivity (Wildman–Crippen MR) is 58.9 cm³/mol. The maximum Gasteiger partial charge on any atom is 0.122 e. The van der Waals surface area contributed by atoms with Gasteiger partial charge in [-0.3, -0.25) is 0 Å². The third kappa shape index (κ3) is 4.99. The van der Waals surface area contributed by atoms with E-state index in [1.165, 1.54) is 12.2 Å². The zero-order valence-corrected chi connectivity index (χ0v) is 9.58. The molecule has 0 unspecified atom stereocenters. The van der Waals surface area contributed by atoms with Crippen LogP contribution in [-0.4, -0.2) is 10.7 Å². The van der Waals surface area contributed by atoms with E-state index >= 15 is 0 Å². The molecule has 0 saturated carbocycles. The summed E-state index contributed by atoms with van der Waals surface area (Å²) in [4.78, 5) is -0.159. The molecular formula is C8H20OS2. The zero-order valence-electron chi connectivity index (χ0n) is 7.68. The molecule has 0 aliphatic heterocycles. The Balaban J connectivity index is 3.51. The quantitative estimate of drug-likeness (QED) is 0.390. The van der Waals surface area contributed by atoms with Crippen molar-refractivity contribution in [3.63, 3.8) is 0 Å². The number of hydrogen-bond acceptors (Lipinski definition) is 2. The summed E-state index contributed by atoms with van der Waals surface area (Å²) < 4.78 is 5.66. The maximum absolute atomic E-state index is 5.66. The van der Waals surface area contributed by atoms with Crippen LogP contribution in [0.3, 0.4) is 0 Å². The average Bonchev–Trinajstić information content (AvgIpc) is 2.05. The van der Waals surface area contributed by atoms with Gasteiger partial charge in [-0.1, -0.05) is 20.8 Å². The second-order valence-corrected chi connectivity index (χ2v) is 4.46. The van der Waals surface area contributed by atoms with Crippen LogP contribution in [0, 0.1) is 0 Å². The molecule has 0 bridgehead atoms. The molecule has 0 spiro atoms. The molecule has 11 heavy (non-hydrogen) atoms. The molecule has 0 aliphatic carbocycles. The summed E-state index contributed by atoms with van der Waals surface area (Å²) in [5.74, 6) is 1.17. The average molecular weight is 196 g/mol. The minimum atomic E-state index is -0.159. The summed E-state index contributed by atoms with van der Waals surface area (Å²) in [6.07, 6.45) is 3.18. The van der Waals surface area contributed by atoms with Crippen LogP contribution in [0.15, 0.2) is 0 Å². The van der Waals surface area contributed by atoms with Crippen molar-refractivity contribution >= 4 is 24.7 Å². The minimum absolute atomic E-state index is 0.159. The van der Waals surface area contributed by atoms with Gasteiger partial charge in [-0.2, -0.15) is 12.0 Å². The van der Waals surface area contributed by atoms with Crippen molar-refractivity contribution in [2.24, 2.45) is 0 Å². The second kappa shape index (κ2) is 6.21. The van der Waals surface area contributed by atoms with Gasteiger partial charge in [0, 0.05) is 0 Å². The van der Waals surface area contributed by atoms with Crippen molar-refractivity contribution in [3.8, 4) is 0 Å². The smallest absolute Gasteiger partial charge is 0.122 e. The van der Waals surface area contributed by atoms with Gasteiger partial charge >= 0.3 is 0 Å². The normalized spacial score (nSPS) is 13.8. The van der Waals surface area contributed by atoms with E-state index in [0.717, 1.165) is 12.8 Å². The molecule has 0 fully saturated rings. The van der Waals surface area contributed by atoms with Gasteiger partial charge in [0.2, 0.25) is 0 Å². The highest BCUT2D eigenvalue weighted by Gasteiger charge is 2.20. The molecule has 70 valence electrons. The summed E-state index contributed by atoms with van der Waals surface area (Å²) in [5, 5.41) is 0. The molecule has 0 rings (SSSR count). The topological polar surface area (TPSA) is 9.23 Å². The van der Waals surface area contributed by atoms with Crippen LogP contribution in [0.25, 0.3) is 0 Å². The van der Waals surface area contributed by atoms with Crippen LogP contribution in [0.5, 0.6) is 0 Å².